The minimum absolute atomic E-state index is 0. The molecule has 0 aromatic heterocycles. The highest BCUT2D eigenvalue weighted by Crippen LogP contribution is 2.13. The Kier molecular flexibility index (Phi) is 4.25. The lowest BCUT2D eigenvalue weighted by Gasteiger charge is -2.05. The Morgan fingerprint density at radius 3 is 1.17 bits per heavy atom. The van der Waals surface area contributed by atoms with Crippen molar-refractivity contribution in [2.24, 2.45) is 0 Å². The van der Waals surface area contributed by atoms with Crippen molar-refractivity contribution in [3.05, 3.63) is 0 Å². The molecule has 0 saturated carbocycles. The van der Waals surface area contributed by atoms with Gasteiger partial charge in [0.15, 0.2) is 0 Å². The summed E-state index contributed by atoms with van der Waals surface area (Å²) in [6.07, 6.45) is 0. The molecule has 0 amide bonds. The Hall–Kier alpha value is 0.492. The first-order chi connectivity index (χ1) is 2.00. The minimum Gasteiger partial charge on any atom is -0.412 e. The maximum atomic E-state index is 2.25. The third kappa shape index (κ3) is 226. The molecule has 0 aromatic carbocycles. The quantitative estimate of drug-likeness (QED) is 0.388. The second-order valence-electron chi connectivity index (χ2n) is 3.00. The van der Waals surface area contributed by atoms with Crippen LogP contribution in [0, 0.1) is 0 Å². The number of hydrogen-bond donors (Lipinski definition) is 0. The van der Waals surface area contributed by atoms with E-state index >= 15 is 0 Å². The third-order valence-electron chi connectivity index (χ3n) is 0. The minimum atomic E-state index is 0. The molecular formula is C4H13AlO. The highest BCUT2D eigenvalue weighted by Gasteiger charge is 1.96. The lowest BCUT2D eigenvalue weighted by molar-refractivity contribution is 0.767. The summed E-state index contributed by atoms with van der Waals surface area (Å²) in [5.41, 5.74) is 0. The second kappa shape index (κ2) is 2.63. The molecule has 0 aliphatic rings. The van der Waals surface area contributed by atoms with Gasteiger partial charge in [-0.05, 0) is 0 Å². The van der Waals surface area contributed by atoms with Crippen LogP contribution in [0.1, 0.15) is 20.8 Å². The van der Waals surface area contributed by atoms with E-state index in [0.717, 1.165) is 0 Å². The zero-order chi connectivity index (χ0) is 4.50. The van der Waals surface area contributed by atoms with Gasteiger partial charge in [0.25, 0.3) is 0 Å². The van der Waals surface area contributed by atoms with E-state index in [1.165, 1.54) is 16.3 Å². The molecule has 0 spiro atoms. The molecule has 0 unspecified atom stereocenters. The summed E-state index contributed by atoms with van der Waals surface area (Å²) in [6, 6.07) is 0. The van der Waals surface area contributed by atoms with E-state index in [0.29, 0.717) is 4.28 Å². The first-order valence-corrected chi connectivity index (χ1v) is 3.00. The third-order valence-corrected chi connectivity index (χ3v) is 0. The van der Waals surface area contributed by atoms with Crippen LogP contribution in [0.2, 0.25) is 4.28 Å². The van der Waals surface area contributed by atoms with Crippen molar-refractivity contribution in [3.63, 3.8) is 0 Å². The van der Waals surface area contributed by atoms with E-state index in [9.17, 15) is 0 Å². The zero-order valence-electron chi connectivity index (χ0n) is 5.00. The van der Waals surface area contributed by atoms with Crippen LogP contribution < -0.4 is 0 Å². The number of rotatable bonds is 0. The maximum absolute atomic E-state index is 2.25. The standard InChI is InChI=1S/C4H9.Al.H2O.2H/c1-4(2)3;;;;/h1-3H3;;1H2;;. The molecule has 0 bridgehead atoms. The van der Waals surface area contributed by atoms with Gasteiger partial charge in [0, 0.05) is 0 Å². The van der Waals surface area contributed by atoms with Crippen LogP contribution in [0.4, 0.5) is 0 Å². The average Bonchev–Trinajstić information content (AvgIpc) is 0.722. The van der Waals surface area contributed by atoms with Gasteiger partial charge in [0.1, 0.15) is 0 Å². The predicted octanol–water partition coefficient (Wildman–Crippen LogP) is 0.0132. The fourth-order valence-electron chi connectivity index (χ4n) is 0. The van der Waals surface area contributed by atoms with Crippen LogP contribution in [0.15, 0.2) is 0 Å². The van der Waals surface area contributed by atoms with Crippen LogP contribution in [0.25, 0.3) is 0 Å². The molecule has 2 heteroatoms. The molecule has 6 heavy (non-hydrogen) atoms. The summed E-state index contributed by atoms with van der Waals surface area (Å²) < 4.78 is 0.639. The van der Waals surface area contributed by atoms with E-state index in [4.69, 9.17) is 0 Å². The molecule has 1 nitrogen and oxygen atoms in total. The lowest BCUT2D eigenvalue weighted by atomic mass is 10.2. The van der Waals surface area contributed by atoms with E-state index in [2.05, 4.69) is 20.8 Å². The van der Waals surface area contributed by atoms with E-state index in [1.807, 2.05) is 0 Å². The van der Waals surface area contributed by atoms with Gasteiger partial charge in [-0.2, -0.15) is 0 Å². The maximum Gasteiger partial charge on any atom is 0.220 e. The van der Waals surface area contributed by atoms with Gasteiger partial charge in [-0.1, -0.05) is 25.0 Å². The molecular weight excluding hydrogens is 91.0 g/mol. The van der Waals surface area contributed by atoms with E-state index in [1.54, 1.807) is 0 Å². The smallest absolute Gasteiger partial charge is 0.220 e. The van der Waals surface area contributed by atoms with Crippen molar-refractivity contribution in [2.75, 3.05) is 0 Å². The zero-order valence-corrected chi connectivity index (χ0v) is 7.00. The van der Waals surface area contributed by atoms with Crippen molar-refractivity contribution < 1.29 is 5.48 Å². The molecule has 2 N–H and O–H groups in total. The summed E-state index contributed by atoms with van der Waals surface area (Å²) in [5.74, 6) is 0. The first-order valence-electron chi connectivity index (χ1n) is 2.00. The summed E-state index contributed by atoms with van der Waals surface area (Å²) >= 11 is 1.31. The predicted molar refractivity (Wildman–Crippen MR) is 31.9 cm³/mol. The van der Waals surface area contributed by atoms with Gasteiger partial charge in [0.05, 0.1) is 0 Å². The lowest BCUT2D eigenvalue weighted by Crippen LogP contribution is -1.90. The van der Waals surface area contributed by atoms with Crippen LogP contribution in [-0.4, -0.2) is 21.8 Å². The van der Waals surface area contributed by atoms with Crippen molar-refractivity contribution in [2.45, 2.75) is 25.0 Å². The Bertz CT molecular complexity index is 23.0. The average molecular weight is 104 g/mol. The topological polar surface area (TPSA) is 31.5 Å². The fourth-order valence-corrected chi connectivity index (χ4v) is 0. The van der Waals surface area contributed by atoms with Gasteiger partial charge in [0.2, 0.25) is 16.3 Å². The summed E-state index contributed by atoms with van der Waals surface area (Å²) in [6.45, 7) is 6.75. The van der Waals surface area contributed by atoms with Crippen molar-refractivity contribution in [1.29, 1.82) is 0 Å². The van der Waals surface area contributed by atoms with E-state index < -0.39 is 0 Å². The molecule has 0 fully saturated rings. The SMILES string of the molecule is C[C](C)(C)[AlH2].O. The van der Waals surface area contributed by atoms with Crippen LogP contribution in [0.3, 0.4) is 0 Å². The molecule has 0 heterocycles. The first kappa shape index (κ1) is 9.70. The second-order valence-corrected chi connectivity index (χ2v) is 6.00. The van der Waals surface area contributed by atoms with Gasteiger partial charge >= 0.3 is 0 Å². The van der Waals surface area contributed by atoms with Crippen LogP contribution >= 0.6 is 0 Å². The molecule has 0 radical (unpaired) electrons. The Labute approximate surface area is 47.5 Å². The molecule has 0 aliphatic heterocycles. The molecule has 0 rings (SSSR count). The van der Waals surface area contributed by atoms with Gasteiger partial charge in [-0.15, -0.1) is 0 Å². The molecule has 0 aromatic rings. The van der Waals surface area contributed by atoms with Crippen molar-refractivity contribution >= 4 is 16.3 Å². The normalized spacial score (nSPS) is 9.83. The van der Waals surface area contributed by atoms with Crippen LogP contribution in [0.5, 0.6) is 0 Å². The van der Waals surface area contributed by atoms with Crippen molar-refractivity contribution in [3.8, 4) is 0 Å². The Balaban J connectivity index is 0. The highest BCUT2D eigenvalue weighted by molar-refractivity contribution is 6.14. The highest BCUT2D eigenvalue weighted by atomic mass is 27.0. The summed E-state index contributed by atoms with van der Waals surface area (Å²) in [5, 5.41) is 0. The Morgan fingerprint density at radius 2 is 1.17 bits per heavy atom. The molecule has 0 saturated heterocycles. The fraction of sp³-hybridized carbons (Fsp3) is 1.00. The Morgan fingerprint density at radius 1 is 1.17 bits per heavy atom. The summed E-state index contributed by atoms with van der Waals surface area (Å²) in [4.78, 5) is 0. The summed E-state index contributed by atoms with van der Waals surface area (Å²) in [7, 11) is 0. The number of hydrogen-bond acceptors (Lipinski definition) is 0. The molecule has 0 aliphatic carbocycles. The molecule has 38 valence electrons. The van der Waals surface area contributed by atoms with E-state index in [-0.39, 0.29) is 5.48 Å². The largest absolute Gasteiger partial charge is 0.412 e. The van der Waals surface area contributed by atoms with Crippen molar-refractivity contribution in [1.82, 2.24) is 0 Å². The van der Waals surface area contributed by atoms with Gasteiger partial charge in [-0.3, -0.25) is 0 Å². The van der Waals surface area contributed by atoms with Crippen LogP contribution in [-0.2, 0) is 0 Å². The van der Waals surface area contributed by atoms with Gasteiger partial charge in [-0.25, -0.2) is 0 Å². The monoisotopic (exact) mass is 104 g/mol. The molecule has 0 atom stereocenters. The van der Waals surface area contributed by atoms with Gasteiger partial charge < -0.3 is 5.48 Å².